The van der Waals surface area contributed by atoms with Crippen molar-refractivity contribution in [2.75, 3.05) is 6.61 Å². The molecule has 0 N–H and O–H groups in total. The van der Waals surface area contributed by atoms with Crippen LogP contribution in [-0.2, 0) is 9.53 Å². The maximum atomic E-state index is 13.1. The molecule has 0 saturated carbocycles. The molecule has 3 rings (SSSR count). The molecule has 3 aromatic rings. The van der Waals surface area contributed by atoms with Gasteiger partial charge in [0, 0.05) is 0 Å². The van der Waals surface area contributed by atoms with Crippen LogP contribution in [0.2, 0.25) is 10.0 Å². The standard InChI is InChI=1S/C19H16Cl2N2O3S/c1-3-26-18(25)11(2)27-19-22-16-7-5-4-6-13(16)17(24)23(19)12-8-9-14(20)15(21)10-12/h4-11H,3H2,1-2H3. The number of esters is 1. The maximum absolute atomic E-state index is 13.1. The van der Waals surface area contributed by atoms with Crippen LogP contribution in [0.15, 0.2) is 52.4 Å². The predicted octanol–water partition coefficient (Wildman–Crippen LogP) is 4.74. The van der Waals surface area contributed by atoms with Gasteiger partial charge in [-0.1, -0.05) is 47.1 Å². The number of hydrogen-bond acceptors (Lipinski definition) is 5. The van der Waals surface area contributed by atoms with E-state index in [1.807, 2.05) is 6.07 Å². The van der Waals surface area contributed by atoms with Gasteiger partial charge in [0.2, 0.25) is 0 Å². The summed E-state index contributed by atoms with van der Waals surface area (Å²) in [4.78, 5) is 29.8. The molecule has 0 aliphatic heterocycles. The minimum absolute atomic E-state index is 0.252. The van der Waals surface area contributed by atoms with Crippen LogP contribution in [-0.4, -0.2) is 27.4 Å². The van der Waals surface area contributed by atoms with Crippen LogP contribution in [0, 0.1) is 0 Å². The molecule has 0 aliphatic rings. The second-order valence-corrected chi connectivity index (χ2v) is 7.78. The van der Waals surface area contributed by atoms with Gasteiger partial charge >= 0.3 is 5.97 Å². The Kier molecular flexibility index (Phi) is 6.09. The van der Waals surface area contributed by atoms with Gasteiger partial charge in [0.25, 0.3) is 5.56 Å². The highest BCUT2D eigenvalue weighted by molar-refractivity contribution is 8.00. The second-order valence-electron chi connectivity index (χ2n) is 5.66. The van der Waals surface area contributed by atoms with Crippen molar-refractivity contribution in [3.05, 3.63) is 62.9 Å². The number of rotatable bonds is 5. The topological polar surface area (TPSA) is 61.2 Å². The average Bonchev–Trinajstić information content (AvgIpc) is 2.65. The molecule has 8 heteroatoms. The summed E-state index contributed by atoms with van der Waals surface area (Å²) < 4.78 is 6.50. The molecule has 0 bridgehead atoms. The zero-order valence-corrected chi connectivity index (χ0v) is 16.9. The van der Waals surface area contributed by atoms with Crippen molar-refractivity contribution < 1.29 is 9.53 Å². The number of thioether (sulfide) groups is 1. The van der Waals surface area contributed by atoms with Crippen molar-refractivity contribution in [2.45, 2.75) is 24.3 Å². The van der Waals surface area contributed by atoms with Crippen molar-refractivity contribution >= 4 is 51.8 Å². The van der Waals surface area contributed by atoms with Crippen LogP contribution in [0.4, 0.5) is 0 Å². The summed E-state index contributed by atoms with van der Waals surface area (Å²) in [5.74, 6) is -0.370. The first-order valence-electron chi connectivity index (χ1n) is 8.23. The Bertz CT molecular complexity index is 1070. The molecule has 1 heterocycles. The number of fused-ring (bicyclic) bond motifs is 1. The molecule has 0 fully saturated rings. The largest absolute Gasteiger partial charge is 0.465 e. The summed E-state index contributed by atoms with van der Waals surface area (Å²) in [6.07, 6.45) is 0. The molecule has 1 unspecified atom stereocenters. The van der Waals surface area contributed by atoms with Crippen molar-refractivity contribution in [3.8, 4) is 5.69 Å². The maximum Gasteiger partial charge on any atom is 0.319 e. The molecule has 1 aromatic heterocycles. The SMILES string of the molecule is CCOC(=O)C(C)Sc1nc2ccccc2c(=O)n1-c1ccc(Cl)c(Cl)c1. The Morgan fingerprint density at radius 2 is 1.96 bits per heavy atom. The molecule has 0 spiro atoms. The molecule has 0 saturated heterocycles. The van der Waals surface area contributed by atoms with Crippen molar-refractivity contribution in [1.82, 2.24) is 9.55 Å². The molecular weight excluding hydrogens is 407 g/mol. The number of carbonyl (C=O) groups is 1. The van der Waals surface area contributed by atoms with E-state index in [-0.39, 0.29) is 18.1 Å². The molecule has 27 heavy (non-hydrogen) atoms. The van der Waals surface area contributed by atoms with Crippen molar-refractivity contribution in [2.24, 2.45) is 0 Å². The van der Waals surface area contributed by atoms with E-state index in [1.54, 1.807) is 50.2 Å². The molecule has 140 valence electrons. The third-order valence-electron chi connectivity index (χ3n) is 3.81. The highest BCUT2D eigenvalue weighted by Gasteiger charge is 2.21. The number of para-hydroxylation sites is 1. The molecular formula is C19H16Cl2N2O3S. The second kappa shape index (κ2) is 8.33. The van der Waals surface area contributed by atoms with E-state index < -0.39 is 5.25 Å². The lowest BCUT2D eigenvalue weighted by atomic mass is 10.2. The number of halogens is 2. The van der Waals surface area contributed by atoms with E-state index in [9.17, 15) is 9.59 Å². The molecule has 0 radical (unpaired) electrons. The number of hydrogen-bond donors (Lipinski definition) is 0. The van der Waals surface area contributed by atoms with Gasteiger partial charge in [-0.3, -0.25) is 14.2 Å². The number of carbonyl (C=O) groups excluding carboxylic acids is 1. The van der Waals surface area contributed by atoms with Gasteiger partial charge in [-0.25, -0.2) is 4.98 Å². The van der Waals surface area contributed by atoms with Crippen molar-refractivity contribution in [3.63, 3.8) is 0 Å². The fourth-order valence-electron chi connectivity index (χ4n) is 2.51. The molecule has 5 nitrogen and oxygen atoms in total. The number of benzene rings is 2. The van der Waals surface area contributed by atoms with E-state index in [2.05, 4.69) is 4.98 Å². The molecule has 0 amide bonds. The zero-order chi connectivity index (χ0) is 19.6. The Labute approximate surface area is 170 Å². The van der Waals surface area contributed by atoms with Crippen LogP contribution in [0.5, 0.6) is 0 Å². The number of aromatic nitrogens is 2. The van der Waals surface area contributed by atoms with Gasteiger partial charge < -0.3 is 4.74 Å². The lowest BCUT2D eigenvalue weighted by Crippen LogP contribution is -2.24. The number of ether oxygens (including phenoxy) is 1. The van der Waals surface area contributed by atoms with Crippen LogP contribution in [0.3, 0.4) is 0 Å². The third kappa shape index (κ3) is 4.13. The number of nitrogens with zero attached hydrogens (tertiary/aromatic N) is 2. The minimum atomic E-state index is -0.535. The Morgan fingerprint density at radius 3 is 2.67 bits per heavy atom. The Hall–Kier alpha value is -2.02. The third-order valence-corrected chi connectivity index (χ3v) is 5.58. The van der Waals surface area contributed by atoms with E-state index in [1.165, 1.54) is 4.57 Å². The first-order valence-corrected chi connectivity index (χ1v) is 9.86. The summed E-state index contributed by atoms with van der Waals surface area (Å²) in [6, 6.07) is 12.0. The van der Waals surface area contributed by atoms with Crippen LogP contribution in [0.25, 0.3) is 16.6 Å². The predicted molar refractivity (Wildman–Crippen MR) is 109 cm³/mol. The fraction of sp³-hybridized carbons (Fsp3) is 0.211. The first kappa shape index (κ1) is 19.7. The lowest BCUT2D eigenvalue weighted by Gasteiger charge is -2.16. The normalized spacial score (nSPS) is 12.1. The highest BCUT2D eigenvalue weighted by atomic mass is 35.5. The summed E-state index contributed by atoms with van der Waals surface area (Å²) in [6.45, 7) is 3.74. The van der Waals surface area contributed by atoms with Crippen LogP contribution < -0.4 is 5.56 Å². The summed E-state index contributed by atoms with van der Waals surface area (Å²) in [5, 5.41) is 1.02. The van der Waals surface area contributed by atoms with Crippen LogP contribution in [0.1, 0.15) is 13.8 Å². The average molecular weight is 423 g/mol. The van der Waals surface area contributed by atoms with Gasteiger partial charge in [-0.15, -0.1) is 0 Å². The van der Waals surface area contributed by atoms with E-state index in [4.69, 9.17) is 27.9 Å². The van der Waals surface area contributed by atoms with Gasteiger partial charge in [0.15, 0.2) is 5.16 Å². The zero-order valence-electron chi connectivity index (χ0n) is 14.6. The summed E-state index contributed by atoms with van der Waals surface area (Å²) in [7, 11) is 0. The molecule has 2 aromatic carbocycles. The van der Waals surface area contributed by atoms with Gasteiger partial charge in [-0.05, 0) is 44.2 Å². The van der Waals surface area contributed by atoms with Gasteiger partial charge in [-0.2, -0.15) is 0 Å². The van der Waals surface area contributed by atoms with E-state index in [0.717, 1.165) is 11.8 Å². The summed E-state index contributed by atoms with van der Waals surface area (Å²) >= 11 is 13.3. The Morgan fingerprint density at radius 1 is 1.22 bits per heavy atom. The van der Waals surface area contributed by atoms with Crippen molar-refractivity contribution in [1.29, 1.82) is 0 Å². The Balaban J connectivity index is 2.19. The van der Waals surface area contributed by atoms with E-state index >= 15 is 0 Å². The molecule has 1 atom stereocenters. The first-order chi connectivity index (χ1) is 12.9. The monoisotopic (exact) mass is 422 g/mol. The molecule has 0 aliphatic carbocycles. The quantitative estimate of drug-likeness (QED) is 0.337. The smallest absolute Gasteiger partial charge is 0.319 e. The summed E-state index contributed by atoms with van der Waals surface area (Å²) in [5.41, 5.74) is 0.820. The minimum Gasteiger partial charge on any atom is -0.465 e. The van der Waals surface area contributed by atoms with Crippen LogP contribution >= 0.6 is 35.0 Å². The van der Waals surface area contributed by atoms with E-state index in [0.29, 0.717) is 31.8 Å². The van der Waals surface area contributed by atoms with Gasteiger partial charge in [0.05, 0.1) is 33.2 Å². The fourth-order valence-corrected chi connectivity index (χ4v) is 3.73. The highest BCUT2D eigenvalue weighted by Crippen LogP contribution is 2.29. The lowest BCUT2D eigenvalue weighted by molar-refractivity contribution is -0.142. The van der Waals surface area contributed by atoms with Gasteiger partial charge in [0.1, 0.15) is 5.25 Å².